The lowest BCUT2D eigenvalue weighted by Gasteiger charge is -2.25. The number of hydrogen-bond donors (Lipinski definition) is 0. The highest BCUT2D eigenvalue weighted by molar-refractivity contribution is 6.09. The summed E-state index contributed by atoms with van der Waals surface area (Å²) in [5.41, 5.74) is 12.5. The third kappa shape index (κ3) is 5.52. The van der Waals surface area contributed by atoms with E-state index in [4.69, 9.17) is 9.40 Å². The Morgan fingerprint density at radius 1 is 0.694 bits per heavy atom. The van der Waals surface area contributed by atoms with Crippen LogP contribution in [0.3, 0.4) is 0 Å². The summed E-state index contributed by atoms with van der Waals surface area (Å²) in [6.45, 7) is 19.8. The lowest BCUT2D eigenvalue weighted by molar-refractivity contribution is 0.590. The molecule has 4 heteroatoms. The zero-order chi connectivity index (χ0) is 34.8. The number of furan rings is 1. The third-order valence-corrected chi connectivity index (χ3v) is 10.0. The molecule has 0 aliphatic rings. The molecule has 0 radical (unpaired) electrons. The molecule has 2 aromatic heterocycles. The van der Waals surface area contributed by atoms with E-state index in [1.54, 1.807) is 0 Å². The first-order valence-corrected chi connectivity index (χ1v) is 17.4. The largest absolute Gasteiger partial charge is 0.455 e. The Morgan fingerprint density at radius 3 is 1.98 bits per heavy atom. The van der Waals surface area contributed by atoms with E-state index >= 15 is 0 Å². The zero-order valence-corrected chi connectivity index (χ0v) is 30.1. The summed E-state index contributed by atoms with van der Waals surface area (Å²) in [6.07, 6.45) is 0. The number of hydrogen-bond acceptors (Lipinski definition) is 3. The van der Waals surface area contributed by atoms with Crippen molar-refractivity contribution in [2.75, 3.05) is 0 Å². The summed E-state index contributed by atoms with van der Waals surface area (Å²) in [6, 6.07) is 37.2. The van der Waals surface area contributed by atoms with Crippen molar-refractivity contribution >= 4 is 33.0 Å². The molecule has 7 rings (SSSR count). The first-order chi connectivity index (χ1) is 23.3. The summed E-state index contributed by atoms with van der Waals surface area (Å²) in [7, 11) is 0. The molecular weight excluding hydrogens is 599 g/mol. The van der Waals surface area contributed by atoms with E-state index in [9.17, 15) is 5.26 Å². The molecule has 49 heavy (non-hydrogen) atoms. The van der Waals surface area contributed by atoms with Crippen LogP contribution in [0.4, 0.5) is 0 Å². The van der Waals surface area contributed by atoms with Crippen LogP contribution in [0, 0.1) is 11.3 Å². The normalized spacial score (nSPS) is 12.5. The van der Waals surface area contributed by atoms with Crippen LogP contribution in [0.15, 0.2) is 101 Å². The number of aromatic nitrogens is 2. The highest BCUT2D eigenvalue weighted by Gasteiger charge is 2.26. The van der Waals surface area contributed by atoms with E-state index in [-0.39, 0.29) is 17.3 Å². The van der Waals surface area contributed by atoms with Crippen LogP contribution >= 0.6 is 0 Å². The first kappa shape index (κ1) is 32.4. The van der Waals surface area contributed by atoms with Gasteiger partial charge in [-0.3, -0.25) is 4.57 Å². The van der Waals surface area contributed by atoms with Gasteiger partial charge in [-0.05, 0) is 101 Å². The SMILES string of the molecule is CC(C)c1cc(-c2ccc(C(C)(C)C)cc2)cc(C(C)C)c1-n1c(-c2cccc3c2oc2cc(C(C)(C)C#N)ccc23)nc2ccccc21. The van der Waals surface area contributed by atoms with Crippen LogP contribution in [0.2, 0.25) is 0 Å². The van der Waals surface area contributed by atoms with Crippen molar-refractivity contribution in [1.29, 1.82) is 5.26 Å². The van der Waals surface area contributed by atoms with E-state index in [1.807, 2.05) is 26.0 Å². The van der Waals surface area contributed by atoms with Gasteiger partial charge in [0.25, 0.3) is 0 Å². The lowest BCUT2D eigenvalue weighted by Crippen LogP contribution is -2.13. The van der Waals surface area contributed by atoms with Crippen LogP contribution in [0.1, 0.15) is 96.4 Å². The highest BCUT2D eigenvalue weighted by Crippen LogP contribution is 2.43. The predicted octanol–water partition coefficient (Wildman–Crippen LogP) is 12.6. The topological polar surface area (TPSA) is 54.8 Å². The van der Waals surface area contributed by atoms with Gasteiger partial charge in [-0.1, -0.05) is 109 Å². The molecule has 0 unspecified atom stereocenters. The van der Waals surface area contributed by atoms with Crippen LogP contribution in [-0.2, 0) is 10.8 Å². The summed E-state index contributed by atoms with van der Waals surface area (Å²) < 4.78 is 9.08. The monoisotopic (exact) mass is 643 g/mol. The van der Waals surface area contributed by atoms with Crippen LogP contribution in [0.25, 0.3) is 61.2 Å². The molecule has 2 heterocycles. The number of nitriles is 1. The standard InChI is InChI=1S/C45H45N3O/c1-27(2)36-23-30(29-17-19-31(20-18-29)44(5,6)7)24-37(28(3)4)41(36)48-39-16-11-10-15-38(39)47-43(48)35-14-12-13-34-33-22-21-32(45(8,9)26-46)25-40(33)49-42(34)35/h10-25,27-28H,1-9H3. The Hall–Kier alpha value is -5.14. The second-order valence-corrected chi connectivity index (χ2v) is 15.6. The Balaban J connectivity index is 1.51. The maximum Gasteiger partial charge on any atom is 0.149 e. The number of imidazole rings is 1. The fourth-order valence-electron chi connectivity index (χ4n) is 7.01. The quantitative estimate of drug-likeness (QED) is 0.181. The summed E-state index contributed by atoms with van der Waals surface area (Å²) in [5, 5.41) is 11.9. The molecule has 0 N–H and O–H groups in total. The van der Waals surface area contributed by atoms with E-state index < -0.39 is 5.41 Å². The minimum atomic E-state index is -0.620. The predicted molar refractivity (Wildman–Crippen MR) is 205 cm³/mol. The Bertz CT molecular complexity index is 2370. The maximum atomic E-state index is 9.81. The van der Waals surface area contributed by atoms with Gasteiger partial charge in [-0.15, -0.1) is 0 Å². The Kier molecular flexibility index (Phi) is 7.79. The molecule has 0 aliphatic heterocycles. The fourth-order valence-corrected chi connectivity index (χ4v) is 7.01. The number of para-hydroxylation sites is 3. The fraction of sp³-hybridized carbons (Fsp3) is 0.289. The third-order valence-electron chi connectivity index (χ3n) is 10.0. The molecule has 5 aromatic carbocycles. The molecule has 0 atom stereocenters. The number of benzene rings is 5. The van der Waals surface area contributed by atoms with Crippen LogP contribution in [0.5, 0.6) is 0 Å². The van der Waals surface area contributed by atoms with Gasteiger partial charge in [0, 0.05) is 10.8 Å². The van der Waals surface area contributed by atoms with Gasteiger partial charge in [0.2, 0.25) is 0 Å². The van der Waals surface area contributed by atoms with Gasteiger partial charge >= 0.3 is 0 Å². The number of rotatable bonds is 6. The van der Waals surface area contributed by atoms with Gasteiger partial charge in [-0.2, -0.15) is 5.26 Å². The average molecular weight is 644 g/mol. The number of fused-ring (bicyclic) bond motifs is 4. The maximum absolute atomic E-state index is 9.81. The minimum absolute atomic E-state index is 0.103. The van der Waals surface area contributed by atoms with Gasteiger partial charge < -0.3 is 4.42 Å². The molecule has 0 saturated carbocycles. The van der Waals surface area contributed by atoms with Crippen LogP contribution < -0.4 is 0 Å². The highest BCUT2D eigenvalue weighted by atomic mass is 16.3. The van der Waals surface area contributed by atoms with Gasteiger partial charge in [0.1, 0.15) is 17.0 Å². The molecule has 4 nitrogen and oxygen atoms in total. The molecule has 0 fully saturated rings. The molecule has 0 spiro atoms. The summed E-state index contributed by atoms with van der Waals surface area (Å²) in [5.74, 6) is 1.38. The van der Waals surface area contributed by atoms with Crippen molar-refractivity contribution in [3.8, 4) is 34.3 Å². The molecule has 246 valence electrons. The molecule has 0 amide bonds. The molecular formula is C45H45N3O. The first-order valence-electron chi connectivity index (χ1n) is 17.4. The van der Waals surface area contributed by atoms with E-state index in [0.29, 0.717) is 0 Å². The number of nitrogens with zero attached hydrogens (tertiary/aromatic N) is 3. The van der Waals surface area contributed by atoms with Crippen molar-refractivity contribution in [1.82, 2.24) is 9.55 Å². The van der Waals surface area contributed by atoms with Gasteiger partial charge in [0.05, 0.1) is 33.8 Å². The smallest absolute Gasteiger partial charge is 0.149 e. The van der Waals surface area contributed by atoms with Gasteiger partial charge in [0.15, 0.2) is 0 Å². The van der Waals surface area contributed by atoms with E-state index in [1.165, 1.54) is 33.5 Å². The van der Waals surface area contributed by atoms with Crippen molar-refractivity contribution < 1.29 is 4.42 Å². The molecule has 7 aromatic rings. The zero-order valence-electron chi connectivity index (χ0n) is 30.1. The van der Waals surface area contributed by atoms with Crippen molar-refractivity contribution in [2.24, 2.45) is 0 Å². The summed E-state index contributed by atoms with van der Waals surface area (Å²) >= 11 is 0. The van der Waals surface area contributed by atoms with E-state index in [2.05, 4.69) is 144 Å². The lowest BCUT2D eigenvalue weighted by atomic mass is 9.85. The Morgan fingerprint density at radius 2 is 1.35 bits per heavy atom. The van der Waals surface area contributed by atoms with E-state index in [0.717, 1.165) is 49.9 Å². The van der Waals surface area contributed by atoms with Crippen molar-refractivity contribution in [3.63, 3.8) is 0 Å². The molecule has 0 bridgehead atoms. The molecule has 0 saturated heterocycles. The van der Waals surface area contributed by atoms with Crippen molar-refractivity contribution in [3.05, 3.63) is 119 Å². The second-order valence-electron chi connectivity index (χ2n) is 15.6. The summed E-state index contributed by atoms with van der Waals surface area (Å²) in [4.78, 5) is 5.32. The average Bonchev–Trinajstić information content (AvgIpc) is 3.65. The second kappa shape index (κ2) is 11.8. The Labute approximate surface area is 290 Å². The van der Waals surface area contributed by atoms with Gasteiger partial charge in [-0.25, -0.2) is 4.98 Å². The van der Waals surface area contributed by atoms with Crippen LogP contribution in [-0.4, -0.2) is 9.55 Å². The minimum Gasteiger partial charge on any atom is -0.455 e. The van der Waals surface area contributed by atoms with Crippen molar-refractivity contribution in [2.45, 2.75) is 85.0 Å². The molecule has 0 aliphatic carbocycles.